The van der Waals surface area contributed by atoms with Gasteiger partial charge in [0.15, 0.2) is 5.76 Å². The standard InChI is InChI=1S/C7H8N4O2/c1-5-2-6(13-11-5)3-8-7-10-9-4-12-7/h2,4H,3H2,1H3,(H,8,10). The van der Waals surface area contributed by atoms with Gasteiger partial charge >= 0.3 is 6.01 Å². The van der Waals surface area contributed by atoms with Crippen LogP contribution in [0.3, 0.4) is 0 Å². The molecular weight excluding hydrogens is 172 g/mol. The topological polar surface area (TPSA) is 77.0 Å². The van der Waals surface area contributed by atoms with Crippen LogP contribution in [0, 0.1) is 6.92 Å². The molecule has 1 N–H and O–H groups in total. The van der Waals surface area contributed by atoms with Gasteiger partial charge < -0.3 is 14.3 Å². The molecule has 0 fully saturated rings. The molecule has 0 bridgehead atoms. The molecule has 2 aromatic heterocycles. The predicted octanol–water partition coefficient (Wildman–Crippen LogP) is 0.978. The first-order valence-corrected chi connectivity index (χ1v) is 3.77. The molecule has 0 aliphatic carbocycles. The fourth-order valence-corrected chi connectivity index (χ4v) is 0.912. The lowest BCUT2D eigenvalue weighted by Gasteiger charge is -1.94. The summed E-state index contributed by atoms with van der Waals surface area (Å²) in [6.45, 7) is 2.35. The Morgan fingerprint density at radius 2 is 2.46 bits per heavy atom. The van der Waals surface area contributed by atoms with E-state index in [4.69, 9.17) is 8.94 Å². The van der Waals surface area contributed by atoms with E-state index in [9.17, 15) is 0 Å². The minimum absolute atomic E-state index is 0.369. The summed E-state index contributed by atoms with van der Waals surface area (Å²) in [7, 11) is 0. The number of hydrogen-bond acceptors (Lipinski definition) is 6. The molecule has 0 saturated heterocycles. The number of anilines is 1. The van der Waals surface area contributed by atoms with Gasteiger partial charge in [-0.2, -0.15) is 0 Å². The van der Waals surface area contributed by atoms with E-state index in [0.29, 0.717) is 12.6 Å². The van der Waals surface area contributed by atoms with Gasteiger partial charge in [-0.3, -0.25) is 0 Å². The van der Waals surface area contributed by atoms with Crippen LogP contribution in [-0.4, -0.2) is 15.4 Å². The fourth-order valence-electron chi connectivity index (χ4n) is 0.912. The number of hydrogen-bond donors (Lipinski definition) is 1. The molecule has 0 aromatic carbocycles. The zero-order chi connectivity index (χ0) is 9.10. The largest absolute Gasteiger partial charge is 0.411 e. The van der Waals surface area contributed by atoms with Crippen LogP contribution >= 0.6 is 0 Å². The fraction of sp³-hybridized carbons (Fsp3) is 0.286. The van der Waals surface area contributed by atoms with Crippen LogP contribution < -0.4 is 5.32 Å². The van der Waals surface area contributed by atoms with E-state index in [1.807, 2.05) is 13.0 Å². The van der Waals surface area contributed by atoms with Crippen LogP contribution in [0.4, 0.5) is 6.01 Å². The van der Waals surface area contributed by atoms with E-state index in [1.165, 1.54) is 6.39 Å². The Bertz CT molecular complexity index is 368. The van der Waals surface area contributed by atoms with Crippen molar-refractivity contribution in [1.82, 2.24) is 15.4 Å². The van der Waals surface area contributed by atoms with Crippen molar-refractivity contribution in [3.05, 3.63) is 23.9 Å². The Morgan fingerprint density at radius 1 is 1.54 bits per heavy atom. The average molecular weight is 180 g/mol. The summed E-state index contributed by atoms with van der Waals surface area (Å²) in [6.07, 6.45) is 1.26. The van der Waals surface area contributed by atoms with Gasteiger partial charge in [0.1, 0.15) is 0 Å². The molecule has 2 aromatic rings. The second-order valence-electron chi connectivity index (χ2n) is 2.53. The van der Waals surface area contributed by atoms with Crippen molar-refractivity contribution in [2.45, 2.75) is 13.5 Å². The molecule has 0 spiro atoms. The summed E-state index contributed by atoms with van der Waals surface area (Å²) in [4.78, 5) is 0. The molecule has 0 amide bonds. The van der Waals surface area contributed by atoms with Gasteiger partial charge in [-0.05, 0) is 6.92 Å². The molecule has 68 valence electrons. The number of aromatic nitrogens is 3. The van der Waals surface area contributed by atoms with Crippen LogP contribution in [0.25, 0.3) is 0 Å². The summed E-state index contributed by atoms with van der Waals surface area (Å²) < 4.78 is 9.83. The third kappa shape index (κ3) is 1.84. The van der Waals surface area contributed by atoms with Gasteiger partial charge in [0.05, 0.1) is 12.2 Å². The third-order valence-corrected chi connectivity index (χ3v) is 1.45. The van der Waals surface area contributed by atoms with Gasteiger partial charge in [0.2, 0.25) is 6.39 Å². The van der Waals surface area contributed by atoms with E-state index in [-0.39, 0.29) is 0 Å². The lowest BCUT2D eigenvalue weighted by molar-refractivity contribution is 0.383. The Kier molecular flexibility index (Phi) is 1.95. The lowest BCUT2D eigenvalue weighted by Crippen LogP contribution is -1.98. The molecule has 6 heteroatoms. The zero-order valence-electron chi connectivity index (χ0n) is 7.02. The number of rotatable bonds is 3. The van der Waals surface area contributed by atoms with Crippen molar-refractivity contribution in [2.75, 3.05) is 5.32 Å². The molecule has 0 unspecified atom stereocenters. The summed E-state index contributed by atoms with van der Waals surface area (Å²) in [5.41, 5.74) is 0.849. The molecule has 2 rings (SSSR count). The molecular formula is C7H8N4O2. The minimum Gasteiger partial charge on any atom is -0.411 e. The SMILES string of the molecule is Cc1cc(CNc2nnco2)on1. The Hall–Kier alpha value is -1.85. The van der Waals surface area contributed by atoms with E-state index in [2.05, 4.69) is 20.7 Å². The minimum atomic E-state index is 0.369. The average Bonchev–Trinajstić information content (AvgIpc) is 2.71. The third-order valence-electron chi connectivity index (χ3n) is 1.45. The van der Waals surface area contributed by atoms with Crippen molar-refractivity contribution in [3.8, 4) is 0 Å². The number of nitrogens with zero attached hydrogens (tertiary/aromatic N) is 3. The first-order chi connectivity index (χ1) is 6.34. The van der Waals surface area contributed by atoms with Gasteiger partial charge in [-0.15, -0.1) is 5.10 Å². The van der Waals surface area contributed by atoms with Crippen LogP contribution in [0.5, 0.6) is 0 Å². The molecule has 13 heavy (non-hydrogen) atoms. The highest BCUT2D eigenvalue weighted by molar-refractivity contribution is 5.17. The molecule has 2 heterocycles. The maximum atomic E-state index is 4.96. The van der Waals surface area contributed by atoms with Gasteiger partial charge in [0.25, 0.3) is 0 Å². The summed E-state index contributed by atoms with van der Waals surface area (Å²) in [5, 5.41) is 13.8. The quantitative estimate of drug-likeness (QED) is 0.758. The van der Waals surface area contributed by atoms with Crippen LogP contribution in [-0.2, 0) is 6.54 Å². The van der Waals surface area contributed by atoms with Gasteiger partial charge in [0, 0.05) is 6.07 Å². The van der Waals surface area contributed by atoms with Crippen molar-refractivity contribution in [2.24, 2.45) is 0 Å². The second-order valence-corrected chi connectivity index (χ2v) is 2.53. The first-order valence-electron chi connectivity index (χ1n) is 3.77. The van der Waals surface area contributed by atoms with Gasteiger partial charge in [-0.25, -0.2) is 0 Å². The Labute approximate surface area is 73.9 Å². The molecule has 0 atom stereocenters. The first kappa shape index (κ1) is 7.78. The number of nitrogens with one attached hydrogen (secondary N) is 1. The van der Waals surface area contributed by atoms with E-state index >= 15 is 0 Å². The Morgan fingerprint density at radius 3 is 3.08 bits per heavy atom. The maximum absolute atomic E-state index is 4.96. The van der Waals surface area contributed by atoms with E-state index in [1.54, 1.807) is 0 Å². The summed E-state index contributed by atoms with van der Waals surface area (Å²) >= 11 is 0. The highest BCUT2D eigenvalue weighted by Crippen LogP contribution is 2.05. The normalized spacial score (nSPS) is 10.2. The van der Waals surface area contributed by atoms with Crippen molar-refractivity contribution in [1.29, 1.82) is 0 Å². The summed E-state index contributed by atoms with van der Waals surface area (Å²) in [5.74, 6) is 0.732. The monoisotopic (exact) mass is 180 g/mol. The molecule has 0 radical (unpaired) electrons. The van der Waals surface area contributed by atoms with Gasteiger partial charge in [-0.1, -0.05) is 10.3 Å². The van der Waals surface area contributed by atoms with Crippen LogP contribution in [0.15, 0.2) is 21.4 Å². The molecule has 6 nitrogen and oxygen atoms in total. The predicted molar refractivity (Wildman–Crippen MR) is 42.9 cm³/mol. The van der Waals surface area contributed by atoms with E-state index < -0.39 is 0 Å². The molecule has 0 aliphatic rings. The highest BCUT2D eigenvalue weighted by atomic mass is 16.5. The second kappa shape index (κ2) is 3.26. The van der Waals surface area contributed by atoms with E-state index in [0.717, 1.165) is 11.5 Å². The lowest BCUT2D eigenvalue weighted by atomic mass is 10.4. The summed E-state index contributed by atoms with van der Waals surface area (Å²) in [6, 6.07) is 2.21. The van der Waals surface area contributed by atoms with Crippen molar-refractivity contribution >= 4 is 6.01 Å². The molecule has 0 aliphatic heterocycles. The maximum Gasteiger partial charge on any atom is 0.315 e. The highest BCUT2D eigenvalue weighted by Gasteiger charge is 2.02. The van der Waals surface area contributed by atoms with Crippen LogP contribution in [0.1, 0.15) is 11.5 Å². The number of aryl methyl sites for hydroxylation is 1. The van der Waals surface area contributed by atoms with Crippen LogP contribution in [0.2, 0.25) is 0 Å². The smallest absolute Gasteiger partial charge is 0.315 e. The zero-order valence-corrected chi connectivity index (χ0v) is 7.02. The van der Waals surface area contributed by atoms with Crippen molar-refractivity contribution in [3.63, 3.8) is 0 Å². The molecule has 0 saturated carbocycles. The van der Waals surface area contributed by atoms with Crippen molar-refractivity contribution < 1.29 is 8.94 Å². The Balaban J connectivity index is 1.93.